The zero-order valence-electron chi connectivity index (χ0n) is 12.3. The number of carbonyl (C=O) groups is 2. The fraction of sp³-hybridized carbons (Fsp3) is 0.312. The molecule has 22 heavy (non-hydrogen) atoms. The van der Waals surface area contributed by atoms with Gasteiger partial charge in [0, 0.05) is 24.1 Å². The highest BCUT2D eigenvalue weighted by Gasteiger charge is 2.26. The van der Waals surface area contributed by atoms with Crippen LogP contribution in [0.3, 0.4) is 0 Å². The fourth-order valence-corrected chi connectivity index (χ4v) is 2.58. The number of anilines is 2. The quantitative estimate of drug-likeness (QED) is 0.908. The van der Waals surface area contributed by atoms with Crippen molar-refractivity contribution in [3.05, 3.63) is 41.7 Å². The standard InChI is InChI=1S/C16H17N3O3/c1-10-8-14(19-22-10)18-15(20)7-6-12-9-11-4-2-3-5-13(11)17-16(12)21/h2-5,8,12H,6-7,9H2,1H3,(H,17,21)(H,18,19,20). The number of amides is 2. The molecule has 1 aromatic heterocycles. The molecule has 1 aromatic carbocycles. The minimum absolute atomic E-state index is 0.0243. The zero-order valence-corrected chi connectivity index (χ0v) is 12.3. The Morgan fingerprint density at radius 2 is 2.27 bits per heavy atom. The van der Waals surface area contributed by atoms with Gasteiger partial charge in [-0.1, -0.05) is 23.4 Å². The molecule has 6 heteroatoms. The van der Waals surface area contributed by atoms with Crippen LogP contribution < -0.4 is 10.6 Å². The highest BCUT2D eigenvalue weighted by Crippen LogP contribution is 2.27. The lowest BCUT2D eigenvalue weighted by atomic mass is 9.89. The molecular weight excluding hydrogens is 282 g/mol. The van der Waals surface area contributed by atoms with Gasteiger partial charge < -0.3 is 15.2 Å². The molecule has 1 aliphatic heterocycles. The van der Waals surface area contributed by atoms with Crippen LogP contribution >= 0.6 is 0 Å². The molecular formula is C16H17N3O3. The van der Waals surface area contributed by atoms with Crippen molar-refractivity contribution in [2.45, 2.75) is 26.2 Å². The van der Waals surface area contributed by atoms with Gasteiger partial charge in [-0.2, -0.15) is 0 Å². The van der Waals surface area contributed by atoms with E-state index < -0.39 is 0 Å². The molecule has 2 heterocycles. The third-order valence-corrected chi connectivity index (χ3v) is 3.73. The predicted molar refractivity (Wildman–Crippen MR) is 81.4 cm³/mol. The van der Waals surface area contributed by atoms with Crippen LogP contribution in [0, 0.1) is 12.8 Å². The summed E-state index contributed by atoms with van der Waals surface area (Å²) in [6, 6.07) is 9.39. The maximum atomic E-state index is 12.1. The van der Waals surface area contributed by atoms with Crippen LogP contribution in [0.25, 0.3) is 0 Å². The molecule has 3 rings (SSSR count). The molecule has 1 atom stereocenters. The summed E-state index contributed by atoms with van der Waals surface area (Å²) in [5.74, 6) is 0.669. The summed E-state index contributed by atoms with van der Waals surface area (Å²) in [7, 11) is 0. The van der Waals surface area contributed by atoms with Crippen molar-refractivity contribution >= 4 is 23.3 Å². The third-order valence-electron chi connectivity index (χ3n) is 3.73. The second-order valence-electron chi connectivity index (χ2n) is 5.46. The van der Waals surface area contributed by atoms with E-state index in [-0.39, 0.29) is 24.2 Å². The summed E-state index contributed by atoms with van der Waals surface area (Å²) >= 11 is 0. The third kappa shape index (κ3) is 3.16. The van der Waals surface area contributed by atoms with Crippen LogP contribution in [0.15, 0.2) is 34.9 Å². The molecule has 0 bridgehead atoms. The van der Waals surface area contributed by atoms with E-state index in [4.69, 9.17) is 4.52 Å². The monoisotopic (exact) mass is 299 g/mol. The van der Waals surface area contributed by atoms with Crippen LogP contribution in [0.2, 0.25) is 0 Å². The first-order valence-corrected chi connectivity index (χ1v) is 7.24. The van der Waals surface area contributed by atoms with E-state index in [1.54, 1.807) is 13.0 Å². The number of fused-ring (bicyclic) bond motifs is 1. The van der Waals surface area contributed by atoms with Gasteiger partial charge in [-0.05, 0) is 31.4 Å². The predicted octanol–water partition coefficient (Wildman–Crippen LogP) is 2.51. The fourth-order valence-electron chi connectivity index (χ4n) is 2.58. The summed E-state index contributed by atoms with van der Waals surface area (Å²) in [6.07, 6.45) is 1.44. The Hall–Kier alpha value is -2.63. The number of nitrogens with zero attached hydrogens (tertiary/aromatic N) is 1. The summed E-state index contributed by atoms with van der Waals surface area (Å²) in [4.78, 5) is 24.0. The topological polar surface area (TPSA) is 84.2 Å². The molecule has 0 saturated carbocycles. The van der Waals surface area contributed by atoms with Crippen LogP contribution in [0.1, 0.15) is 24.2 Å². The smallest absolute Gasteiger partial charge is 0.227 e. The normalized spacial score (nSPS) is 16.8. The number of para-hydroxylation sites is 1. The van der Waals surface area contributed by atoms with E-state index >= 15 is 0 Å². The Morgan fingerprint density at radius 3 is 3.05 bits per heavy atom. The van der Waals surface area contributed by atoms with Gasteiger partial charge in [0.25, 0.3) is 0 Å². The van der Waals surface area contributed by atoms with Crippen molar-refractivity contribution in [3.8, 4) is 0 Å². The summed E-state index contributed by atoms with van der Waals surface area (Å²) in [5, 5.41) is 9.26. The van der Waals surface area contributed by atoms with Crippen molar-refractivity contribution < 1.29 is 14.1 Å². The van der Waals surface area contributed by atoms with Gasteiger partial charge >= 0.3 is 0 Å². The second kappa shape index (κ2) is 6.01. The molecule has 2 aromatic rings. The summed E-state index contributed by atoms with van der Waals surface area (Å²) in [5.41, 5.74) is 1.98. The SMILES string of the molecule is Cc1cc(NC(=O)CCC2Cc3ccccc3NC2=O)no1. The van der Waals surface area contributed by atoms with Crippen LogP contribution in [-0.4, -0.2) is 17.0 Å². The molecule has 2 N–H and O–H groups in total. The summed E-state index contributed by atoms with van der Waals surface area (Å²) in [6.45, 7) is 1.76. The molecule has 1 aliphatic rings. The Kier molecular flexibility index (Phi) is 3.91. The van der Waals surface area contributed by atoms with Gasteiger partial charge in [0.2, 0.25) is 11.8 Å². The van der Waals surface area contributed by atoms with Gasteiger partial charge in [-0.3, -0.25) is 9.59 Å². The lowest BCUT2D eigenvalue weighted by molar-refractivity contribution is -0.121. The van der Waals surface area contributed by atoms with Crippen LogP contribution in [-0.2, 0) is 16.0 Å². The lowest BCUT2D eigenvalue weighted by Crippen LogP contribution is -2.30. The van der Waals surface area contributed by atoms with E-state index in [1.807, 2.05) is 24.3 Å². The Morgan fingerprint density at radius 1 is 1.45 bits per heavy atom. The van der Waals surface area contributed by atoms with Crippen molar-refractivity contribution in [1.29, 1.82) is 0 Å². The number of aromatic nitrogens is 1. The van der Waals surface area contributed by atoms with Crippen molar-refractivity contribution in [3.63, 3.8) is 0 Å². The van der Waals surface area contributed by atoms with E-state index in [0.717, 1.165) is 11.3 Å². The van der Waals surface area contributed by atoms with Gasteiger partial charge in [0.05, 0.1) is 0 Å². The summed E-state index contributed by atoms with van der Waals surface area (Å²) < 4.78 is 4.89. The average Bonchev–Trinajstić information content (AvgIpc) is 2.90. The highest BCUT2D eigenvalue weighted by molar-refractivity contribution is 5.96. The first kappa shape index (κ1) is 14.3. The largest absolute Gasteiger partial charge is 0.360 e. The number of hydrogen-bond donors (Lipinski definition) is 2. The number of carbonyl (C=O) groups excluding carboxylic acids is 2. The first-order valence-electron chi connectivity index (χ1n) is 7.24. The molecule has 1 unspecified atom stereocenters. The Balaban J connectivity index is 1.55. The number of hydrogen-bond acceptors (Lipinski definition) is 4. The van der Waals surface area contributed by atoms with Crippen molar-refractivity contribution in [2.24, 2.45) is 5.92 Å². The molecule has 0 saturated heterocycles. The number of rotatable bonds is 4. The van der Waals surface area contributed by atoms with Gasteiger partial charge in [0.15, 0.2) is 5.82 Å². The number of nitrogens with one attached hydrogen (secondary N) is 2. The average molecular weight is 299 g/mol. The van der Waals surface area contributed by atoms with E-state index in [1.165, 1.54) is 0 Å². The number of benzene rings is 1. The molecule has 0 radical (unpaired) electrons. The Labute approximate surface area is 127 Å². The minimum Gasteiger partial charge on any atom is -0.360 e. The van der Waals surface area contributed by atoms with Crippen molar-refractivity contribution in [2.75, 3.05) is 10.6 Å². The lowest BCUT2D eigenvalue weighted by Gasteiger charge is -2.24. The maximum Gasteiger partial charge on any atom is 0.227 e. The van der Waals surface area contributed by atoms with Crippen LogP contribution in [0.4, 0.5) is 11.5 Å². The Bertz CT molecular complexity index is 708. The second-order valence-corrected chi connectivity index (χ2v) is 5.46. The van der Waals surface area contributed by atoms with E-state index in [0.29, 0.717) is 24.4 Å². The van der Waals surface area contributed by atoms with Gasteiger partial charge in [0.1, 0.15) is 5.76 Å². The molecule has 0 spiro atoms. The minimum atomic E-state index is -0.181. The van der Waals surface area contributed by atoms with Crippen molar-refractivity contribution in [1.82, 2.24) is 5.16 Å². The highest BCUT2D eigenvalue weighted by atomic mass is 16.5. The zero-order chi connectivity index (χ0) is 15.5. The van der Waals surface area contributed by atoms with Gasteiger partial charge in [-0.25, -0.2) is 0 Å². The van der Waals surface area contributed by atoms with Gasteiger partial charge in [-0.15, -0.1) is 0 Å². The van der Waals surface area contributed by atoms with Crippen LogP contribution in [0.5, 0.6) is 0 Å². The van der Waals surface area contributed by atoms with E-state index in [9.17, 15) is 9.59 Å². The molecule has 114 valence electrons. The maximum absolute atomic E-state index is 12.1. The first-order chi connectivity index (χ1) is 10.6. The van der Waals surface area contributed by atoms with E-state index in [2.05, 4.69) is 15.8 Å². The molecule has 0 fully saturated rings. The molecule has 6 nitrogen and oxygen atoms in total. The molecule has 2 amide bonds. The molecule has 0 aliphatic carbocycles. The number of aryl methyl sites for hydroxylation is 1.